The molecule has 128 valence electrons. The van der Waals surface area contributed by atoms with Crippen molar-refractivity contribution in [2.75, 3.05) is 37.7 Å². The zero-order chi connectivity index (χ0) is 16.2. The van der Waals surface area contributed by atoms with Gasteiger partial charge in [0.1, 0.15) is 4.88 Å². The van der Waals surface area contributed by atoms with Gasteiger partial charge in [-0.05, 0) is 52.0 Å². The Bertz CT molecular complexity index is 540. The summed E-state index contributed by atoms with van der Waals surface area (Å²) in [6, 6.07) is 0.343. The minimum Gasteiger partial charge on any atom is -0.333 e. The Kier molecular flexibility index (Phi) is 5.99. The predicted octanol–water partition coefficient (Wildman–Crippen LogP) is 3.19. The van der Waals surface area contributed by atoms with Gasteiger partial charge in [-0.3, -0.25) is 4.79 Å². The van der Waals surface area contributed by atoms with Gasteiger partial charge in [0.2, 0.25) is 0 Å². The van der Waals surface area contributed by atoms with Crippen LogP contribution in [0.4, 0.5) is 0 Å². The summed E-state index contributed by atoms with van der Waals surface area (Å²) in [5.41, 5.74) is 0.895. The highest BCUT2D eigenvalue weighted by Crippen LogP contribution is 2.25. The Labute approximate surface area is 147 Å². The number of aromatic nitrogens is 1. The molecule has 3 heterocycles. The molecule has 2 aliphatic rings. The Morgan fingerprint density at radius 3 is 2.65 bits per heavy atom. The lowest BCUT2D eigenvalue weighted by Crippen LogP contribution is -2.49. The molecule has 0 saturated carbocycles. The van der Waals surface area contributed by atoms with E-state index in [0.29, 0.717) is 6.04 Å². The topological polar surface area (TPSA) is 36.4 Å². The van der Waals surface area contributed by atoms with Gasteiger partial charge < -0.3 is 9.80 Å². The molecule has 0 bridgehead atoms. The summed E-state index contributed by atoms with van der Waals surface area (Å²) in [5, 5.41) is 0.989. The van der Waals surface area contributed by atoms with Crippen LogP contribution in [0.2, 0.25) is 0 Å². The average molecular weight is 354 g/mol. The van der Waals surface area contributed by atoms with Crippen LogP contribution in [0.1, 0.15) is 46.1 Å². The number of hydrogen-bond acceptors (Lipinski definition) is 5. The maximum atomic E-state index is 13.1. The van der Waals surface area contributed by atoms with E-state index in [1.54, 1.807) is 11.3 Å². The first-order valence-corrected chi connectivity index (χ1v) is 10.7. The maximum absolute atomic E-state index is 13.1. The van der Waals surface area contributed by atoms with Crippen LogP contribution in [0, 0.1) is 13.8 Å². The number of carbonyl (C=O) groups is 1. The first kappa shape index (κ1) is 17.2. The minimum absolute atomic E-state index is 0.206. The summed E-state index contributed by atoms with van der Waals surface area (Å²) in [5.74, 6) is 2.44. The number of thiazole rings is 1. The van der Waals surface area contributed by atoms with Crippen molar-refractivity contribution in [3.8, 4) is 0 Å². The second-order valence-corrected chi connectivity index (χ2v) is 8.94. The highest BCUT2D eigenvalue weighted by atomic mass is 32.2. The van der Waals surface area contributed by atoms with E-state index in [0.717, 1.165) is 40.8 Å². The number of amides is 1. The summed E-state index contributed by atoms with van der Waals surface area (Å²) in [6.07, 6.45) is 5.07. The van der Waals surface area contributed by atoms with Crippen molar-refractivity contribution in [3.05, 3.63) is 15.6 Å². The number of likely N-dealkylation sites (tertiary alicyclic amines) is 1. The van der Waals surface area contributed by atoms with Crippen molar-refractivity contribution in [1.29, 1.82) is 0 Å². The molecular weight excluding hydrogens is 326 g/mol. The monoisotopic (exact) mass is 353 g/mol. The van der Waals surface area contributed by atoms with E-state index >= 15 is 0 Å². The molecule has 3 rings (SSSR count). The molecule has 1 aromatic heterocycles. The molecular formula is C17H27N3OS2. The largest absolute Gasteiger partial charge is 0.333 e. The normalized spacial score (nSPS) is 23.7. The number of rotatable bonds is 3. The number of thioether (sulfide) groups is 1. The number of aryl methyl sites for hydroxylation is 2. The van der Waals surface area contributed by atoms with Crippen molar-refractivity contribution in [3.63, 3.8) is 0 Å². The van der Waals surface area contributed by atoms with Gasteiger partial charge in [-0.15, -0.1) is 11.3 Å². The molecule has 6 heteroatoms. The molecule has 1 unspecified atom stereocenters. The zero-order valence-corrected chi connectivity index (χ0v) is 15.8. The van der Waals surface area contributed by atoms with E-state index in [1.807, 2.05) is 25.6 Å². The first-order valence-electron chi connectivity index (χ1n) is 8.70. The third-order valence-corrected chi connectivity index (χ3v) is 6.97. The molecule has 0 aliphatic carbocycles. The molecule has 23 heavy (non-hydrogen) atoms. The van der Waals surface area contributed by atoms with Crippen LogP contribution in [0.5, 0.6) is 0 Å². The fourth-order valence-electron chi connectivity index (χ4n) is 3.55. The van der Waals surface area contributed by atoms with Crippen LogP contribution >= 0.6 is 23.1 Å². The molecule has 0 aromatic carbocycles. The highest BCUT2D eigenvalue weighted by molar-refractivity contribution is 7.99. The lowest BCUT2D eigenvalue weighted by atomic mass is 10.1. The highest BCUT2D eigenvalue weighted by Gasteiger charge is 2.30. The third kappa shape index (κ3) is 4.28. The molecule has 2 fully saturated rings. The van der Waals surface area contributed by atoms with Gasteiger partial charge in [-0.2, -0.15) is 11.8 Å². The van der Waals surface area contributed by atoms with Gasteiger partial charge in [0, 0.05) is 18.8 Å². The number of carbonyl (C=O) groups excluding carboxylic acids is 1. The standard InChI is InChI=1S/C17H27N3OS2/c1-13-16(23-14(2)18-13)17(21)20-9-6-10-22-12-15(20)11-19-7-4-3-5-8-19/h15H,3-12H2,1-2H3. The van der Waals surface area contributed by atoms with Gasteiger partial charge >= 0.3 is 0 Å². The SMILES string of the molecule is Cc1nc(C)c(C(=O)N2CCCSCC2CN2CCCCC2)s1. The van der Waals surface area contributed by atoms with E-state index in [1.165, 1.54) is 38.1 Å². The summed E-state index contributed by atoms with van der Waals surface area (Å²) < 4.78 is 0. The fraction of sp³-hybridized carbons (Fsp3) is 0.765. The average Bonchev–Trinajstić information content (AvgIpc) is 2.74. The Morgan fingerprint density at radius 2 is 1.96 bits per heavy atom. The molecule has 1 aromatic rings. The first-order chi connectivity index (χ1) is 11.1. The van der Waals surface area contributed by atoms with Crippen LogP contribution in [0.25, 0.3) is 0 Å². The molecule has 1 amide bonds. The van der Waals surface area contributed by atoms with E-state index in [9.17, 15) is 4.79 Å². The molecule has 0 radical (unpaired) electrons. The van der Waals surface area contributed by atoms with Crippen LogP contribution < -0.4 is 0 Å². The number of nitrogens with zero attached hydrogens (tertiary/aromatic N) is 3. The third-order valence-electron chi connectivity index (χ3n) is 4.71. The van der Waals surface area contributed by atoms with Crippen LogP contribution in [0.3, 0.4) is 0 Å². The number of hydrogen-bond donors (Lipinski definition) is 0. The molecule has 1 atom stereocenters. The van der Waals surface area contributed by atoms with Crippen molar-refractivity contribution in [1.82, 2.24) is 14.8 Å². The van der Waals surface area contributed by atoms with Gasteiger partial charge in [-0.25, -0.2) is 4.98 Å². The molecule has 4 nitrogen and oxygen atoms in total. The van der Waals surface area contributed by atoms with Crippen molar-refractivity contribution >= 4 is 29.0 Å². The van der Waals surface area contributed by atoms with Gasteiger partial charge in [0.05, 0.1) is 16.7 Å². The van der Waals surface area contributed by atoms with Crippen molar-refractivity contribution in [2.45, 2.75) is 45.6 Å². The molecule has 0 N–H and O–H groups in total. The van der Waals surface area contributed by atoms with Crippen LogP contribution in [0.15, 0.2) is 0 Å². The lowest BCUT2D eigenvalue weighted by Gasteiger charge is -2.35. The van der Waals surface area contributed by atoms with E-state index in [2.05, 4.69) is 14.8 Å². The Hall–Kier alpha value is -0.590. The van der Waals surface area contributed by atoms with E-state index in [4.69, 9.17) is 0 Å². The Morgan fingerprint density at radius 1 is 1.17 bits per heavy atom. The van der Waals surface area contributed by atoms with E-state index in [-0.39, 0.29) is 5.91 Å². The minimum atomic E-state index is 0.206. The Balaban J connectivity index is 1.74. The predicted molar refractivity (Wildman–Crippen MR) is 98.6 cm³/mol. The van der Waals surface area contributed by atoms with Crippen molar-refractivity contribution in [2.24, 2.45) is 0 Å². The zero-order valence-electron chi connectivity index (χ0n) is 14.2. The lowest BCUT2D eigenvalue weighted by molar-refractivity contribution is 0.0649. The fourth-order valence-corrected chi connectivity index (χ4v) is 5.48. The van der Waals surface area contributed by atoms with Gasteiger partial charge in [0.25, 0.3) is 5.91 Å². The quantitative estimate of drug-likeness (QED) is 0.836. The molecule has 2 saturated heterocycles. The molecule has 0 spiro atoms. The van der Waals surface area contributed by atoms with Crippen molar-refractivity contribution < 1.29 is 4.79 Å². The summed E-state index contributed by atoms with van der Waals surface area (Å²) in [4.78, 5) is 23.1. The van der Waals surface area contributed by atoms with Gasteiger partial charge in [0.15, 0.2) is 0 Å². The summed E-state index contributed by atoms with van der Waals surface area (Å²) in [7, 11) is 0. The summed E-state index contributed by atoms with van der Waals surface area (Å²) >= 11 is 3.55. The second kappa shape index (κ2) is 7.99. The maximum Gasteiger partial charge on any atom is 0.266 e. The summed E-state index contributed by atoms with van der Waals surface area (Å²) in [6.45, 7) is 8.26. The van der Waals surface area contributed by atoms with E-state index < -0.39 is 0 Å². The number of piperidine rings is 1. The van der Waals surface area contributed by atoms with Gasteiger partial charge in [-0.1, -0.05) is 6.42 Å². The second-order valence-electron chi connectivity index (χ2n) is 6.59. The van der Waals surface area contributed by atoms with Crippen LogP contribution in [-0.4, -0.2) is 64.4 Å². The smallest absolute Gasteiger partial charge is 0.266 e. The van der Waals surface area contributed by atoms with Crippen LogP contribution in [-0.2, 0) is 0 Å². The molecule has 2 aliphatic heterocycles.